The summed E-state index contributed by atoms with van der Waals surface area (Å²) < 4.78 is 5.46. The smallest absolute Gasteiger partial charge is 0.410 e. The Balaban J connectivity index is 2.75. The van der Waals surface area contributed by atoms with Crippen molar-refractivity contribution in [1.29, 1.82) is 0 Å². The van der Waals surface area contributed by atoms with Gasteiger partial charge < -0.3 is 9.64 Å². The van der Waals surface area contributed by atoms with Crippen LogP contribution in [0, 0.1) is 24.2 Å². The summed E-state index contributed by atoms with van der Waals surface area (Å²) in [6.07, 6.45) is 7.05. The molecule has 102 valence electrons. The van der Waals surface area contributed by atoms with Crippen molar-refractivity contribution in [2.45, 2.75) is 59.1 Å². The molecule has 1 saturated heterocycles. The lowest BCUT2D eigenvalue weighted by Gasteiger charge is -2.40. The number of carbonyl (C=O) groups excluding carboxylic acids is 1. The van der Waals surface area contributed by atoms with E-state index in [1.165, 1.54) is 0 Å². The molecule has 3 nitrogen and oxygen atoms in total. The first-order valence-electron chi connectivity index (χ1n) is 6.70. The van der Waals surface area contributed by atoms with Crippen LogP contribution in [0.4, 0.5) is 4.79 Å². The van der Waals surface area contributed by atoms with E-state index in [0.717, 1.165) is 12.8 Å². The third-order valence-electron chi connectivity index (χ3n) is 3.28. The molecule has 0 N–H and O–H groups in total. The second-order valence-corrected chi connectivity index (χ2v) is 6.37. The van der Waals surface area contributed by atoms with E-state index in [2.05, 4.69) is 19.8 Å². The highest BCUT2D eigenvalue weighted by atomic mass is 16.6. The lowest BCUT2D eigenvalue weighted by molar-refractivity contribution is 0.000531. The molecule has 1 fully saturated rings. The first-order valence-corrected chi connectivity index (χ1v) is 6.70. The van der Waals surface area contributed by atoms with Crippen molar-refractivity contribution in [1.82, 2.24) is 4.90 Å². The van der Waals surface area contributed by atoms with Crippen LogP contribution in [0.1, 0.15) is 47.5 Å². The molecule has 18 heavy (non-hydrogen) atoms. The molecule has 0 bridgehead atoms. The Morgan fingerprint density at radius 1 is 1.44 bits per heavy atom. The standard InChI is InChI=1S/C15H25NO2/c1-7-12-8-9-16(13(10-12)11(2)3)14(17)18-15(4,5)6/h1,11-13H,8-10H2,2-6H3. The molecule has 1 aliphatic rings. The molecule has 1 aliphatic heterocycles. The highest BCUT2D eigenvalue weighted by Crippen LogP contribution is 2.28. The number of carbonyl (C=O) groups is 1. The minimum absolute atomic E-state index is 0.189. The van der Waals surface area contributed by atoms with Gasteiger partial charge in [-0.2, -0.15) is 0 Å². The van der Waals surface area contributed by atoms with Crippen molar-refractivity contribution >= 4 is 6.09 Å². The molecule has 2 unspecified atom stereocenters. The van der Waals surface area contributed by atoms with Crippen molar-refractivity contribution in [2.75, 3.05) is 6.54 Å². The summed E-state index contributed by atoms with van der Waals surface area (Å²) in [5.74, 6) is 3.50. The van der Waals surface area contributed by atoms with Gasteiger partial charge >= 0.3 is 6.09 Å². The summed E-state index contributed by atoms with van der Waals surface area (Å²) >= 11 is 0. The maximum Gasteiger partial charge on any atom is 0.410 e. The van der Waals surface area contributed by atoms with Crippen molar-refractivity contribution < 1.29 is 9.53 Å². The molecule has 0 aromatic carbocycles. The molecule has 1 heterocycles. The molecule has 0 aromatic heterocycles. The summed E-state index contributed by atoms with van der Waals surface area (Å²) in [5.41, 5.74) is -0.443. The summed E-state index contributed by atoms with van der Waals surface area (Å²) in [6.45, 7) is 10.6. The molecular weight excluding hydrogens is 226 g/mol. The van der Waals surface area contributed by atoms with Gasteiger partial charge in [-0.15, -0.1) is 12.3 Å². The van der Waals surface area contributed by atoms with E-state index in [1.807, 2.05) is 25.7 Å². The first-order chi connectivity index (χ1) is 8.24. The predicted molar refractivity (Wildman–Crippen MR) is 73.1 cm³/mol. The van der Waals surface area contributed by atoms with Gasteiger partial charge in [-0.05, 0) is 39.5 Å². The zero-order chi connectivity index (χ0) is 13.9. The molecular formula is C15H25NO2. The highest BCUT2D eigenvalue weighted by Gasteiger charge is 2.35. The van der Waals surface area contributed by atoms with Gasteiger partial charge in [0.1, 0.15) is 5.60 Å². The van der Waals surface area contributed by atoms with Gasteiger partial charge in [0.2, 0.25) is 0 Å². The van der Waals surface area contributed by atoms with Gasteiger partial charge in [0.15, 0.2) is 0 Å². The average Bonchev–Trinajstić information content (AvgIpc) is 2.25. The molecule has 1 rings (SSSR count). The third-order valence-corrected chi connectivity index (χ3v) is 3.28. The molecule has 0 aromatic rings. The second kappa shape index (κ2) is 5.65. The Morgan fingerprint density at radius 3 is 2.50 bits per heavy atom. The van der Waals surface area contributed by atoms with Gasteiger partial charge in [0, 0.05) is 18.5 Å². The van der Waals surface area contributed by atoms with E-state index in [-0.39, 0.29) is 18.1 Å². The topological polar surface area (TPSA) is 29.5 Å². The van der Waals surface area contributed by atoms with E-state index in [4.69, 9.17) is 11.2 Å². The van der Waals surface area contributed by atoms with Crippen LogP contribution in [-0.4, -0.2) is 29.2 Å². The number of hydrogen-bond acceptors (Lipinski definition) is 2. The SMILES string of the molecule is C#CC1CCN(C(=O)OC(C)(C)C)C(C(C)C)C1. The van der Waals surface area contributed by atoms with Crippen LogP contribution in [0.2, 0.25) is 0 Å². The van der Waals surface area contributed by atoms with Gasteiger partial charge in [0.25, 0.3) is 0 Å². The Morgan fingerprint density at radius 2 is 2.06 bits per heavy atom. The van der Waals surface area contributed by atoms with E-state index < -0.39 is 5.60 Å². The number of amides is 1. The summed E-state index contributed by atoms with van der Waals surface area (Å²) in [5, 5.41) is 0. The minimum atomic E-state index is -0.443. The number of rotatable bonds is 1. The molecule has 2 atom stereocenters. The summed E-state index contributed by atoms with van der Waals surface area (Å²) in [6, 6.07) is 0.189. The molecule has 0 spiro atoms. The fraction of sp³-hybridized carbons (Fsp3) is 0.800. The quantitative estimate of drug-likeness (QED) is 0.669. The lowest BCUT2D eigenvalue weighted by atomic mass is 9.86. The third kappa shape index (κ3) is 3.94. The summed E-state index contributed by atoms with van der Waals surface area (Å²) in [7, 11) is 0. The Bertz CT molecular complexity index is 335. The second-order valence-electron chi connectivity index (χ2n) is 6.37. The van der Waals surface area contributed by atoms with Crippen LogP contribution in [-0.2, 0) is 4.74 Å². The number of hydrogen-bond donors (Lipinski definition) is 0. The Labute approximate surface area is 111 Å². The van der Waals surface area contributed by atoms with Crippen molar-refractivity contribution in [3.05, 3.63) is 0 Å². The van der Waals surface area contributed by atoms with Gasteiger partial charge in [-0.3, -0.25) is 0 Å². The molecule has 0 saturated carbocycles. The number of likely N-dealkylation sites (tertiary alicyclic amines) is 1. The summed E-state index contributed by atoms with van der Waals surface area (Å²) in [4.78, 5) is 14.0. The minimum Gasteiger partial charge on any atom is -0.444 e. The lowest BCUT2D eigenvalue weighted by Crippen LogP contribution is -2.50. The molecule has 0 aliphatic carbocycles. The van der Waals surface area contributed by atoms with E-state index in [9.17, 15) is 4.79 Å². The van der Waals surface area contributed by atoms with Crippen molar-refractivity contribution in [2.24, 2.45) is 11.8 Å². The largest absolute Gasteiger partial charge is 0.444 e. The number of ether oxygens (including phenoxy) is 1. The van der Waals surface area contributed by atoms with Crippen LogP contribution in [0.25, 0.3) is 0 Å². The molecule has 1 amide bonds. The van der Waals surface area contributed by atoms with Crippen molar-refractivity contribution in [3.63, 3.8) is 0 Å². The van der Waals surface area contributed by atoms with Crippen LogP contribution in [0.5, 0.6) is 0 Å². The van der Waals surface area contributed by atoms with Crippen LogP contribution >= 0.6 is 0 Å². The zero-order valence-electron chi connectivity index (χ0n) is 12.2. The van der Waals surface area contributed by atoms with Gasteiger partial charge in [-0.25, -0.2) is 4.79 Å². The maximum absolute atomic E-state index is 12.2. The highest BCUT2D eigenvalue weighted by molar-refractivity contribution is 5.68. The van der Waals surface area contributed by atoms with Crippen LogP contribution < -0.4 is 0 Å². The fourth-order valence-corrected chi connectivity index (χ4v) is 2.33. The van der Waals surface area contributed by atoms with Crippen molar-refractivity contribution in [3.8, 4) is 12.3 Å². The number of terminal acetylenes is 1. The van der Waals surface area contributed by atoms with Gasteiger partial charge in [-0.1, -0.05) is 13.8 Å². The molecule has 0 radical (unpaired) electrons. The van der Waals surface area contributed by atoms with E-state index in [0.29, 0.717) is 12.5 Å². The Hall–Kier alpha value is -1.17. The van der Waals surface area contributed by atoms with E-state index in [1.54, 1.807) is 0 Å². The Kier molecular flexibility index (Phi) is 4.67. The number of nitrogens with zero attached hydrogens (tertiary/aromatic N) is 1. The fourth-order valence-electron chi connectivity index (χ4n) is 2.33. The number of piperidine rings is 1. The van der Waals surface area contributed by atoms with E-state index >= 15 is 0 Å². The van der Waals surface area contributed by atoms with Crippen LogP contribution in [0.15, 0.2) is 0 Å². The maximum atomic E-state index is 12.2. The predicted octanol–water partition coefficient (Wildman–Crippen LogP) is 3.29. The van der Waals surface area contributed by atoms with Crippen LogP contribution in [0.3, 0.4) is 0 Å². The van der Waals surface area contributed by atoms with Gasteiger partial charge in [0.05, 0.1) is 0 Å². The first kappa shape index (κ1) is 14.9. The monoisotopic (exact) mass is 251 g/mol. The molecule has 3 heteroatoms. The zero-order valence-corrected chi connectivity index (χ0v) is 12.2. The average molecular weight is 251 g/mol. The normalized spacial score (nSPS) is 24.8.